The van der Waals surface area contributed by atoms with Crippen LogP contribution < -0.4 is 9.64 Å². The number of aromatic nitrogens is 1. The maximum absolute atomic E-state index is 16.3. The zero-order chi connectivity index (χ0) is 35.1. The van der Waals surface area contributed by atoms with E-state index in [2.05, 4.69) is 9.72 Å². The zero-order valence-corrected chi connectivity index (χ0v) is 27.8. The average molecular weight is 674 g/mol. The second kappa shape index (κ2) is 13.0. The summed E-state index contributed by atoms with van der Waals surface area (Å²) < 4.78 is 68.0. The Balaban J connectivity index is 1.60. The number of nitrogens with zero attached hydrogens (tertiary/aromatic N) is 4. The van der Waals surface area contributed by atoms with Crippen LogP contribution >= 0.6 is 0 Å². The molecule has 0 atom stereocenters. The number of benzene rings is 2. The number of hydrogen-bond acceptors (Lipinski definition) is 6. The number of fused-ring (bicyclic) bond motifs is 1. The molecule has 48 heavy (non-hydrogen) atoms. The van der Waals surface area contributed by atoms with E-state index >= 15 is 4.39 Å². The lowest BCUT2D eigenvalue weighted by Gasteiger charge is -2.37. The zero-order valence-electron chi connectivity index (χ0n) is 27.8. The molecule has 10 nitrogen and oxygen atoms in total. The quantitative estimate of drug-likeness (QED) is 0.321. The molecule has 1 saturated heterocycles. The van der Waals surface area contributed by atoms with E-state index in [1.165, 1.54) is 50.2 Å². The predicted molar refractivity (Wildman–Crippen MR) is 173 cm³/mol. The van der Waals surface area contributed by atoms with Gasteiger partial charge in [0.1, 0.15) is 17.0 Å². The van der Waals surface area contributed by atoms with E-state index in [4.69, 9.17) is 4.74 Å². The highest BCUT2D eigenvalue weighted by Gasteiger charge is 2.34. The molecule has 0 bridgehead atoms. The summed E-state index contributed by atoms with van der Waals surface area (Å²) in [5.41, 5.74) is 0.570. The van der Waals surface area contributed by atoms with Crippen molar-refractivity contribution in [1.82, 2.24) is 19.7 Å². The number of nitrogens with one attached hydrogen (secondary N) is 1. The molecule has 14 heteroatoms. The highest BCUT2D eigenvalue weighted by Crippen LogP contribution is 2.43. The molecule has 0 aliphatic carbocycles. The van der Waals surface area contributed by atoms with E-state index < -0.39 is 35.5 Å². The van der Waals surface area contributed by atoms with Crippen LogP contribution in [-0.2, 0) is 9.53 Å². The van der Waals surface area contributed by atoms with E-state index in [-0.39, 0.29) is 45.7 Å². The Morgan fingerprint density at radius 1 is 0.896 bits per heavy atom. The number of rotatable bonds is 5. The van der Waals surface area contributed by atoms with Gasteiger partial charge in [-0.25, -0.2) is 9.18 Å². The van der Waals surface area contributed by atoms with Gasteiger partial charge in [-0.2, -0.15) is 0 Å². The van der Waals surface area contributed by atoms with Gasteiger partial charge in [0.25, 0.3) is 5.91 Å². The highest BCUT2D eigenvalue weighted by molar-refractivity contribution is 6.05. The molecule has 3 aromatic rings. The lowest BCUT2D eigenvalue weighted by molar-refractivity contribution is -0.274. The van der Waals surface area contributed by atoms with Crippen LogP contribution in [0.1, 0.15) is 50.2 Å². The number of halogens is 4. The molecular weight excluding hydrogens is 634 g/mol. The van der Waals surface area contributed by atoms with Crippen LogP contribution in [0.5, 0.6) is 5.75 Å². The monoisotopic (exact) mass is 673 g/mol. The van der Waals surface area contributed by atoms with Gasteiger partial charge in [-0.1, -0.05) is 6.08 Å². The molecule has 1 fully saturated rings. The van der Waals surface area contributed by atoms with Gasteiger partial charge in [0.15, 0.2) is 5.82 Å². The van der Waals surface area contributed by atoms with Crippen molar-refractivity contribution in [2.45, 2.75) is 46.1 Å². The molecule has 2 aromatic carbocycles. The summed E-state index contributed by atoms with van der Waals surface area (Å²) in [7, 11) is 3.06. The SMILES string of the molecule is CC(=O)N1CCC=C(c2cc(-c3ccc(N4CCN(C(=O)OC(C)(C)C)CC4)cc3OC(F)(F)F)c3cc(C(=O)N(C)C)[nH]c3c2F)C1. The van der Waals surface area contributed by atoms with Crippen LogP contribution in [-0.4, -0.2) is 103 Å². The molecule has 2 aliphatic heterocycles. The molecule has 0 radical (unpaired) electrons. The molecule has 0 spiro atoms. The topological polar surface area (TPSA) is 98.4 Å². The summed E-state index contributed by atoms with van der Waals surface area (Å²) in [5.74, 6) is -1.85. The van der Waals surface area contributed by atoms with Gasteiger partial charge in [0, 0.05) is 88.6 Å². The normalized spacial score (nSPS) is 15.8. The number of anilines is 1. The summed E-state index contributed by atoms with van der Waals surface area (Å²) in [6.45, 7) is 8.56. The number of H-pyrrole nitrogens is 1. The van der Waals surface area contributed by atoms with Gasteiger partial charge in [0.05, 0.1) is 5.52 Å². The maximum Gasteiger partial charge on any atom is 0.573 e. The van der Waals surface area contributed by atoms with Crippen molar-refractivity contribution in [2.75, 3.05) is 58.3 Å². The highest BCUT2D eigenvalue weighted by atomic mass is 19.4. The van der Waals surface area contributed by atoms with E-state index in [1.54, 1.807) is 42.7 Å². The first-order chi connectivity index (χ1) is 22.4. The summed E-state index contributed by atoms with van der Waals surface area (Å²) in [6.07, 6.45) is -3.25. The van der Waals surface area contributed by atoms with Crippen LogP contribution in [0.25, 0.3) is 27.6 Å². The van der Waals surface area contributed by atoms with Crippen molar-refractivity contribution >= 4 is 40.1 Å². The fourth-order valence-corrected chi connectivity index (χ4v) is 5.89. The number of piperazine rings is 1. The fraction of sp³-hybridized carbons (Fsp3) is 0.441. The van der Waals surface area contributed by atoms with Crippen molar-refractivity contribution in [3.05, 3.63) is 53.5 Å². The Bertz CT molecular complexity index is 1770. The van der Waals surface area contributed by atoms with Crippen LogP contribution in [0, 0.1) is 5.82 Å². The Hall–Kier alpha value is -4.75. The number of carbonyl (C=O) groups excluding carboxylic acids is 3. The second-order valence-corrected chi connectivity index (χ2v) is 13.1. The van der Waals surface area contributed by atoms with E-state index in [1.807, 2.05) is 4.90 Å². The van der Waals surface area contributed by atoms with Gasteiger partial charge in [-0.05, 0) is 62.6 Å². The first kappa shape index (κ1) is 34.6. The van der Waals surface area contributed by atoms with Crippen LogP contribution in [0.3, 0.4) is 0 Å². The number of ether oxygens (including phenoxy) is 2. The van der Waals surface area contributed by atoms with Crippen molar-refractivity contribution in [3.63, 3.8) is 0 Å². The first-order valence-electron chi connectivity index (χ1n) is 15.6. The minimum Gasteiger partial charge on any atom is -0.444 e. The lowest BCUT2D eigenvalue weighted by atomic mass is 9.92. The Morgan fingerprint density at radius 2 is 1.58 bits per heavy atom. The smallest absolute Gasteiger partial charge is 0.444 e. The molecule has 0 saturated carbocycles. The van der Waals surface area contributed by atoms with Gasteiger partial charge in [-0.3, -0.25) is 9.59 Å². The van der Waals surface area contributed by atoms with Gasteiger partial charge in [0.2, 0.25) is 5.91 Å². The molecule has 0 unspecified atom stereocenters. The number of amides is 3. The third-order valence-electron chi connectivity index (χ3n) is 8.21. The molecule has 3 amide bonds. The average Bonchev–Trinajstić information content (AvgIpc) is 3.46. The van der Waals surface area contributed by atoms with Crippen LogP contribution in [0.2, 0.25) is 0 Å². The third kappa shape index (κ3) is 7.52. The fourth-order valence-electron chi connectivity index (χ4n) is 5.89. The van der Waals surface area contributed by atoms with E-state index in [0.29, 0.717) is 50.4 Å². The van der Waals surface area contributed by atoms with Crippen molar-refractivity contribution in [1.29, 1.82) is 0 Å². The second-order valence-electron chi connectivity index (χ2n) is 13.1. The molecule has 1 aromatic heterocycles. The Kier molecular flexibility index (Phi) is 9.39. The minimum absolute atomic E-state index is 0.0254. The largest absolute Gasteiger partial charge is 0.573 e. The molecule has 2 aliphatic rings. The standard InChI is InChI=1S/C34H39F4N5O5/c1-20(44)43-11-7-8-21(19-43)24-17-25(26-18-27(31(45)40(5)6)39-30(26)29(24)35)23-10-9-22(16-28(23)47-34(36,37)38)41-12-14-42(15-13-41)32(46)48-33(2,3)4/h8-10,16-18,39H,7,11-15,19H2,1-6H3. The number of alkyl halides is 3. The summed E-state index contributed by atoms with van der Waals surface area (Å²) in [6, 6.07) is 7.26. The van der Waals surface area contributed by atoms with Crippen molar-refractivity contribution < 1.29 is 41.4 Å². The Morgan fingerprint density at radius 3 is 2.19 bits per heavy atom. The molecular formula is C34H39F4N5O5. The van der Waals surface area contributed by atoms with Gasteiger partial charge in [-0.15, -0.1) is 13.2 Å². The van der Waals surface area contributed by atoms with Crippen molar-refractivity contribution in [2.24, 2.45) is 0 Å². The summed E-state index contributed by atoms with van der Waals surface area (Å²) in [4.78, 5) is 46.7. The van der Waals surface area contributed by atoms with E-state index in [0.717, 1.165) is 0 Å². The van der Waals surface area contributed by atoms with Crippen LogP contribution in [0.4, 0.5) is 28.0 Å². The summed E-state index contributed by atoms with van der Waals surface area (Å²) >= 11 is 0. The number of hydrogen-bond donors (Lipinski definition) is 1. The van der Waals surface area contributed by atoms with Crippen LogP contribution in [0.15, 0.2) is 36.4 Å². The minimum atomic E-state index is -5.05. The Labute approximate surface area is 275 Å². The first-order valence-corrected chi connectivity index (χ1v) is 15.6. The maximum atomic E-state index is 16.3. The molecule has 5 rings (SSSR count). The number of aromatic amines is 1. The summed E-state index contributed by atoms with van der Waals surface area (Å²) in [5, 5.41) is 0.187. The lowest BCUT2D eigenvalue weighted by Crippen LogP contribution is -2.50. The van der Waals surface area contributed by atoms with Crippen molar-refractivity contribution in [3.8, 4) is 16.9 Å². The van der Waals surface area contributed by atoms with E-state index in [9.17, 15) is 27.6 Å². The van der Waals surface area contributed by atoms with Gasteiger partial charge < -0.3 is 34.1 Å². The molecule has 1 N–H and O–H groups in total. The predicted octanol–water partition coefficient (Wildman–Crippen LogP) is 6.27. The molecule has 258 valence electrons. The third-order valence-corrected chi connectivity index (χ3v) is 8.21. The van der Waals surface area contributed by atoms with Gasteiger partial charge >= 0.3 is 12.5 Å². The molecule has 3 heterocycles. The number of carbonyl (C=O) groups is 3.